The Balaban J connectivity index is 1.50. The summed E-state index contributed by atoms with van der Waals surface area (Å²) in [5, 5.41) is 0. The highest BCUT2D eigenvalue weighted by molar-refractivity contribution is 5.69. The van der Waals surface area contributed by atoms with E-state index in [2.05, 4.69) is 0 Å². The van der Waals surface area contributed by atoms with E-state index in [4.69, 9.17) is 14.2 Å². The molecule has 0 N–H and O–H groups in total. The fraction of sp³-hybridized carbons (Fsp3) is 0.464. The van der Waals surface area contributed by atoms with Gasteiger partial charge in [0.2, 0.25) is 0 Å². The molecule has 204 valence electrons. The Labute approximate surface area is 214 Å². The van der Waals surface area contributed by atoms with Gasteiger partial charge < -0.3 is 14.2 Å². The van der Waals surface area contributed by atoms with Gasteiger partial charge in [-0.05, 0) is 67.3 Å². The fourth-order valence-electron chi connectivity index (χ4n) is 3.48. The molecule has 0 aliphatic carbocycles. The highest BCUT2D eigenvalue weighted by atomic mass is 19.4. The average Bonchev–Trinajstić information content (AvgIpc) is 2.86. The summed E-state index contributed by atoms with van der Waals surface area (Å²) in [5.74, 6) is 0.849. The maximum atomic E-state index is 12.6. The van der Waals surface area contributed by atoms with Crippen LogP contribution in [0.5, 0.6) is 11.5 Å². The third-order valence-electron chi connectivity index (χ3n) is 5.51. The summed E-state index contributed by atoms with van der Waals surface area (Å²) in [4.78, 5) is 11.8. The molecule has 0 aliphatic heterocycles. The van der Waals surface area contributed by atoms with E-state index in [-0.39, 0.29) is 25.8 Å². The smallest absolute Gasteiger partial charge is 0.416 e. The molecule has 0 saturated carbocycles. The van der Waals surface area contributed by atoms with Crippen molar-refractivity contribution in [2.75, 3.05) is 13.2 Å². The second-order valence-electron chi connectivity index (χ2n) is 8.53. The normalized spacial score (nSPS) is 11.2. The van der Waals surface area contributed by atoms with Crippen LogP contribution in [0.1, 0.15) is 68.9 Å². The second kappa shape index (κ2) is 16.6. The number of esters is 1. The van der Waals surface area contributed by atoms with Gasteiger partial charge in [-0.25, -0.2) is 0 Å². The Morgan fingerprint density at radius 1 is 0.730 bits per heavy atom. The zero-order chi connectivity index (χ0) is 26.9. The number of hydrogen-bond donors (Lipinski definition) is 0. The number of rotatable bonds is 17. The Hall–Kier alpha value is -3.10. The minimum absolute atomic E-state index is 0.135. The van der Waals surface area contributed by atoms with Gasteiger partial charge in [-0.15, -0.1) is 0 Å². The number of carbonyl (C=O) groups excluding carboxylic acids is 1. The average molecular weight is 529 g/mol. The molecule has 0 heterocycles. The van der Waals surface area contributed by atoms with Crippen molar-refractivity contribution in [3.05, 3.63) is 71.8 Å². The summed E-state index contributed by atoms with van der Waals surface area (Å²) in [7, 11) is 0. The minimum Gasteiger partial charge on any atom is -0.490 e. The quantitative estimate of drug-likeness (QED) is 0.117. The van der Waals surface area contributed by atoms with Crippen molar-refractivity contribution < 1.29 is 41.0 Å². The second-order valence-corrected chi connectivity index (χ2v) is 8.53. The Bertz CT molecular complexity index is 937. The van der Waals surface area contributed by atoms with E-state index in [1.54, 1.807) is 24.3 Å². The van der Waals surface area contributed by atoms with Crippen molar-refractivity contribution in [2.45, 2.75) is 70.6 Å². The first-order valence-corrected chi connectivity index (χ1v) is 12.4. The van der Waals surface area contributed by atoms with Gasteiger partial charge in [0.25, 0.3) is 6.08 Å². The van der Waals surface area contributed by atoms with Gasteiger partial charge in [-0.1, -0.05) is 44.2 Å². The van der Waals surface area contributed by atoms with Gasteiger partial charge in [-0.3, -0.25) is 4.79 Å². The van der Waals surface area contributed by atoms with E-state index in [9.17, 15) is 26.7 Å². The van der Waals surface area contributed by atoms with Crippen LogP contribution in [-0.2, 0) is 22.3 Å². The lowest BCUT2D eigenvalue weighted by Crippen LogP contribution is -2.12. The third-order valence-corrected chi connectivity index (χ3v) is 5.51. The number of carbonyl (C=O) groups is 1. The molecule has 0 radical (unpaired) electrons. The monoisotopic (exact) mass is 528 g/mol. The molecule has 0 aliphatic rings. The van der Waals surface area contributed by atoms with Crippen LogP contribution in [0, 0.1) is 0 Å². The van der Waals surface area contributed by atoms with Gasteiger partial charge in [0.15, 0.2) is 0 Å². The summed E-state index contributed by atoms with van der Waals surface area (Å²) in [6.07, 6.45) is 2.20. The first-order valence-electron chi connectivity index (χ1n) is 12.4. The lowest BCUT2D eigenvalue weighted by Gasteiger charge is -2.10. The minimum atomic E-state index is -4.36. The van der Waals surface area contributed by atoms with Crippen LogP contribution in [0.15, 0.2) is 60.7 Å². The van der Waals surface area contributed by atoms with Crippen LogP contribution in [-0.4, -0.2) is 19.2 Å². The van der Waals surface area contributed by atoms with Gasteiger partial charge in [-0.2, -0.15) is 22.0 Å². The summed E-state index contributed by atoms with van der Waals surface area (Å²) in [6.45, 7) is 0.480. The molecule has 0 amide bonds. The van der Waals surface area contributed by atoms with Crippen molar-refractivity contribution >= 4 is 5.97 Å². The van der Waals surface area contributed by atoms with E-state index in [0.29, 0.717) is 29.9 Å². The first kappa shape index (κ1) is 30.1. The molecule has 37 heavy (non-hydrogen) atoms. The zero-order valence-electron chi connectivity index (χ0n) is 20.7. The van der Waals surface area contributed by atoms with E-state index >= 15 is 0 Å². The largest absolute Gasteiger partial charge is 0.490 e. The van der Waals surface area contributed by atoms with Crippen LogP contribution < -0.4 is 9.47 Å². The lowest BCUT2D eigenvalue weighted by atomic mass is 10.1. The molecule has 0 saturated heterocycles. The van der Waals surface area contributed by atoms with Gasteiger partial charge in [0, 0.05) is 6.42 Å². The maximum absolute atomic E-state index is 12.6. The summed E-state index contributed by atoms with van der Waals surface area (Å²) < 4.78 is 77.9. The van der Waals surface area contributed by atoms with E-state index in [1.165, 1.54) is 12.1 Å². The number of unbranched alkanes of at least 4 members (excludes halogenated alkanes) is 7. The van der Waals surface area contributed by atoms with Gasteiger partial charge in [0.05, 0.1) is 5.56 Å². The topological polar surface area (TPSA) is 44.8 Å². The van der Waals surface area contributed by atoms with Crippen LogP contribution in [0.25, 0.3) is 0 Å². The Morgan fingerprint density at radius 2 is 1.30 bits per heavy atom. The predicted octanol–water partition coefficient (Wildman–Crippen LogP) is 8.50. The number of alkyl halides is 3. The van der Waals surface area contributed by atoms with Crippen molar-refractivity contribution in [3.63, 3.8) is 0 Å². The molecular formula is C28H33F5O4. The number of allylic oxidation sites excluding steroid dienone is 1. The van der Waals surface area contributed by atoms with E-state index < -0.39 is 17.8 Å². The fourth-order valence-corrected chi connectivity index (χ4v) is 3.48. The van der Waals surface area contributed by atoms with E-state index in [0.717, 1.165) is 63.2 Å². The number of halogens is 5. The number of ether oxygens (including phenoxy) is 3. The van der Waals surface area contributed by atoms with Crippen molar-refractivity contribution in [1.82, 2.24) is 0 Å². The highest BCUT2D eigenvalue weighted by Crippen LogP contribution is 2.29. The highest BCUT2D eigenvalue weighted by Gasteiger charge is 2.29. The molecule has 4 nitrogen and oxygen atoms in total. The van der Waals surface area contributed by atoms with Crippen molar-refractivity contribution in [2.24, 2.45) is 0 Å². The predicted molar refractivity (Wildman–Crippen MR) is 131 cm³/mol. The summed E-state index contributed by atoms with van der Waals surface area (Å²) in [5.41, 5.74) is -0.0822. The zero-order valence-corrected chi connectivity index (χ0v) is 20.7. The van der Waals surface area contributed by atoms with Crippen LogP contribution in [0.4, 0.5) is 22.0 Å². The molecule has 0 atom stereocenters. The summed E-state index contributed by atoms with van der Waals surface area (Å²) in [6, 6.07) is 11.6. The molecule has 0 unspecified atom stereocenters. The van der Waals surface area contributed by atoms with Crippen LogP contribution >= 0.6 is 0 Å². The molecule has 2 rings (SSSR count). The number of hydrogen-bond acceptors (Lipinski definition) is 4. The molecular weight excluding hydrogens is 495 g/mol. The van der Waals surface area contributed by atoms with Gasteiger partial charge >= 0.3 is 12.1 Å². The summed E-state index contributed by atoms with van der Waals surface area (Å²) >= 11 is 0. The van der Waals surface area contributed by atoms with Crippen LogP contribution in [0.2, 0.25) is 0 Å². The van der Waals surface area contributed by atoms with Crippen LogP contribution in [0.3, 0.4) is 0 Å². The standard InChI is InChI=1S/C28H33F5O4/c29-26(30)9-7-5-3-1-2-4-6-8-10-27(34)36-20-19-35-24-15-17-25(18-16-24)37-21-22-11-13-23(14-12-22)28(31,32)33/h9,11-18H,1-8,10,19-21H2. The molecule has 9 heteroatoms. The third kappa shape index (κ3) is 13.7. The number of benzene rings is 2. The SMILES string of the molecule is O=C(CCCCCCCCCC=C(F)F)OCCOc1ccc(OCc2ccc(C(F)(F)F)cc2)cc1. The molecule has 0 bridgehead atoms. The molecule has 2 aromatic carbocycles. The van der Waals surface area contributed by atoms with Crippen molar-refractivity contribution in [1.29, 1.82) is 0 Å². The molecule has 2 aromatic rings. The molecule has 0 fully saturated rings. The molecule has 0 aromatic heterocycles. The Kier molecular flexibility index (Phi) is 13.5. The maximum Gasteiger partial charge on any atom is 0.416 e. The van der Waals surface area contributed by atoms with Crippen molar-refractivity contribution in [3.8, 4) is 11.5 Å². The van der Waals surface area contributed by atoms with E-state index in [1.807, 2.05) is 0 Å². The van der Waals surface area contributed by atoms with Gasteiger partial charge in [0.1, 0.15) is 31.3 Å². The Morgan fingerprint density at radius 3 is 1.89 bits per heavy atom. The first-order chi connectivity index (χ1) is 17.7. The molecule has 0 spiro atoms. The lowest BCUT2D eigenvalue weighted by molar-refractivity contribution is -0.144.